The van der Waals surface area contributed by atoms with Crippen molar-refractivity contribution in [2.75, 3.05) is 21.3 Å². The molecule has 0 bridgehead atoms. The minimum atomic E-state index is -0.270. The van der Waals surface area contributed by atoms with Crippen LogP contribution in [0.1, 0.15) is 5.69 Å². The highest BCUT2D eigenvalue weighted by molar-refractivity contribution is 9.10. The molecule has 0 atom stereocenters. The Kier molecular flexibility index (Phi) is 4.98. The van der Waals surface area contributed by atoms with Gasteiger partial charge in [-0.05, 0) is 28.1 Å². The topological polar surface area (TPSA) is 73.4 Å². The van der Waals surface area contributed by atoms with Crippen molar-refractivity contribution in [3.63, 3.8) is 0 Å². The van der Waals surface area contributed by atoms with Gasteiger partial charge in [0.25, 0.3) is 5.56 Å². The van der Waals surface area contributed by atoms with Crippen LogP contribution in [-0.2, 0) is 11.3 Å². The molecule has 0 saturated heterocycles. The summed E-state index contributed by atoms with van der Waals surface area (Å²) in [5.74, 6) is 1.65. The lowest BCUT2D eigenvalue weighted by atomic mass is 10.2. The normalized spacial score (nSPS) is 10.5. The molecule has 1 aromatic carbocycles. The number of aromatic amines is 1. The van der Waals surface area contributed by atoms with Crippen LogP contribution in [0.3, 0.4) is 0 Å². The second kappa shape index (κ2) is 6.73. The zero-order valence-corrected chi connectivity index (χ0v) is 13.5. The third kappa shape index (κ3) is 3.43. The number of rotatable bonds is 5. The molecule has 21 heavy (non-hydrogen) atoms. The number of methoxy groups -OCH3 is 3. The molecular weight excluding hydrogens is 340 g/mol. The van der Waals surface area contributed by atoms with Crippen LogP contribution < -0.4 is 15.0 Å². The predicted molar refractivity (Wildman–Crippen MR) is 81.8 cm³/mol. The van der Waals surface area contributed by atoms with Gasteiger partial charge in [0.2, 0.25) is 0 Å². The number of halogens is 1. The van der Waals surface area contributed by atoms with E-state index in [0.717, 1.165) is 0 Å². The quantitative estimate of drug-likeness (QED) is 0.892. The molecule has 1 heterocycles. The maximum absolute atomic E-state index is 12.0. The van der Waals surface area contributed by atoms with Crippen LogP contribution in [0.15, 0.2) is 27.5 Å². The first-order valence-electron chi connectivity index (χ1n) is 6.10. The summed E-state index contributed by atoms with van der Waals surface area (Å²) in [6.45, 7) is 0.235. The highest BCUT2D eigenvalue weighted by Gasteiger charge is 2.12. The van der Waals surface area contributed by atoms with Gasteiger partial charge in [-0.3, -0.25) is 4.79 Å². The molecule has 1 aromatic heterocycles. The van der Waals surface area contributed by atoms with E-state index in [1.165, 1.54) is 0 Å². The fourth-order valence-electron chi connectivity index (χ4n) is 1.82. The molecule has 0 saturated carbocycles. The Balaban J connectivity index is 2.58. The van der Waals surface area contributed by atoms with Crippen molar-refractivity contribution in [1.82, 2.24) is 9.97 Å². The molecule has 0 unspecified atom stereocenters. The molecule has 0 aliphatic carbocycles. The Bertz CT molecular complexity index is 678. The van der Waals surface area contributed by atoms with Crippen molar-refractivity contribution in [2.45, 2.75) is 6.61 Å². The second-order valence-corrected chi connectivity index (χ2v) is 5.00. The minimum absolute atomic E-state index is 0.235. The number of hydrogen-bond donors (Lipinski definition) is 1. The van der Waals surface area contributed by atoms with Crippen molar-refractivity contribution in [3.05, 3.63) is 38.7 Å². The van der Waals surface area contributed by atoms with Gasteiger partial charge in [-0.15, -0.1) is 0 Å². The number of H-pyrrole nitrogens is 1. The standard InChI is InChI=1S/C14H15BrN2O4/c1-19-7-11-12(15)14(18)17-13(16-11)8-4-9(20-2)6-10(5-8)21-3/h4-6H,7H2,1-3H3,(H,16,17,18). The van der Waals surface area contributed by atoms with E-state index in [4.69, 9.17) is 14.2 Å². The molecule has 6 nitrogen and oxygen atoms in total. The van der Waals surface area contributed by atoms with E-state index in [1.54, 1.807) is 39.5 Å². The Hall–Kier alpha value is -1.86. The zero-order chi connectivity index (χ0) is 15.4. The number of aromatic nitrogens is 2. The summed E-state index contributed by atoms with van der Waals surface area (Å²) in [4.78, 5) is 19.1. The average Bonchev–Trinajstić information content (AvgIpc) is 2.51. The molecule has 2 rings (SSSR count). The summed E-state index contributed by atoms with van der Waals surface area (Å²) in [6, 6.07) is 5.28. The van der Waals surface area contributed by atoms with Crippen molar-refractivity contribution < 1.29 is 14.2 Å². The second-order valence-electron chi connectivity index (χ2n) is 4.21. The van der Waals surface area contributed by atoms with E-state index in [1.807, 2.05) is 0 Å². The molecule has 0 aliphatic rings. The molecule has 0 spiro atoms. The number of nitrogens with one attached hydrogen (secondary N) is 1. The van der Waals surface area contributed by atoms with Crippen LogP contribution in [0.5, 0.6) is 11.5 Å². The van der Waals surface area contributed by atoms with Crippen LogP contribution in [0.2, 0.25) is 0 Å². The third-order valence-corrected chi connectivity index (χ3v) is 3.66. The average molecular weight is 355 g/mol. The summed E-state index contributed by atoms with van der Waals surface area (Å²) >= 11 is 3.21. The van der Waals surface area contributed by atoms with Gasteiger partial charge in [0.05, 0.1) is 26.5 Å². The monoisotopic (exact) mass is 354 g/mol. The highest BCUT2D eigenvalue weighted by atomic mass is 79.9. The van der Waals surface area contributed by atoms with E-state index >= 15 is 0 Å². The Morgan fingerprint density at radius 1 is 1.14 bits per heavy atom. The lowest BCUT2D eigenvalue weighted by molar-refractivity contribution is 0.180. The molecule has 2 aromatic rings. The molecule has 0 aliphatic heterocycles. The van der Waals surface area contributed by atoms with Crippen molar-refractivity contribution in [1.29, 1.82) is 0 Å². The predicted octanol–water partition coefficient (Wildman–Crippen LogP) is 2.36. The van der Waals surface area contributed by atoms with Crippen LogP contribution >= 0.6 is 15.9 Å². The lowest BCUT2D eigenvalue weighted by Gasteiger charge is -2.09. The van der Waals surface area contributed by atoms with E-state index in [9.17, 15) is 4.79 Å². The van der Waals surface area contributed by atoms with Gasteiger partial charge in [0, 0.05) is 18.7 Å². The summed E-state index contributed by atoms with van der Waals surface area (Å²) in [5.41, 5.74) is 0.944. The van der Waals surface area contributed by atoms with Gasteiger partial charge in [-0.2, -0.15) is 0 Å². The smallest absolute Gasteiger partial charge is 0.265 e. The Morgan fingerprint density at radius 2 is 1.76 bits per heavy atom. The fraction of sp³-hybridized carbons (Fsp3) is 0.286. The number of hydrogen-bond acceptors (Lipinski definition) is 5. The van der Waals surface area contributed by atoms with E-state index in [0.29, 0.717) is 33.1 Å². The lowest BCUT2D eigenvalue weighted by Crippen LogP contribution is -2.14. The minimum Gasteiger partial charge on any atom is -0.497 e. The van der Waals surface area contributed by atoms with Gasteiger partial charge in [0.1, 0.15) is 21.8 Å². The first-order valence-corrected chi connectivity index (χ1v) is 6.89. The first-order chi connectivity index (χ1) is 10.1. The molecule has 0 amide bonds. The van der Waals surface area contributed by atoms with Crippen LogP contribution in [0.25, 0.3) is 11.4 Å². The number of ether oxygens (including phenoxy) is 3. The molecule has 0 radical (unpaired) electrons. The van der Waals surface area contributed by atoms with Crippen molar-refractivity contribution in [2.24, 2.45) is 0 Å². The van der Waals surface area contributed by atoms with E-state index in [-0.39, 0.29) is 12.2 Å². The van der Waals surface area contributed by atoms with Gasteiger partial charge < -0.3 is 19.2 Å². The SMILES string of the molecule is COCc1nc(-c2cc(OC)cc(OC)c2)[nH]c(=O)c1Br. The molecular formula is C14H15BrN2O4. The van der Waals surface area contributed by atoms with Gasteiger partial charge in [0.15, 0.2) is 0 Å². The molecule has 1 N–H and O–H groups in total. The maximum atomic E-state index is 12.0. The third-order valence-electron chi connectivity index (χ3n) is 2.84. The molecule has 7 heteroatoms. The van der Waals surface area contributed by atoms with Crippen LogP contribution in [0.4, 0.5) is 0 Å². The van der Waals surface area contributed by atoms with E-state index < -0.39 is 0 Å². The van der Waals surface area contributed by atoms with E-state index in [2.05, 4.69) is 25.9 Å². The maximum Gasteiger partial charge on any atom is 0.265 e. The number of benzene rings is 1. The van der Waals surface area contributed by atoms with Gasteiger partial charge >= 0.3 is 0 Å². The van der Waals surface area contributed by atoms with Crippen molar-refractivity contribution >= 4 is 15.9 Å². The summed E-state index contributed by atoms with van der Waals surface area (Å²) in [5, 5.41) is 0. The van der Waals surface area contributed by atoms with Crippen LogP contribution in [-0.4, -0.2) is 31.3 Å². The fourth-order valence-corrected chi connectivity index (χ4v) is 2.12. The van der Waals surface area contributed by atoms with Crippen LogP contribution in [0, 0.1) is 0 Å². The van der Waals surface area contributed by atoms with Crippen molar-refractivity contribution in [3.8, 4) is 22.9 Å². The summed E-state index contributed by atoms with van der Waals surface area (Å²) < 4.78 is 15.8. The number of nitrogens with zero attached hydrogens (tertiary/aromatic N) is 1. The highest BCUT2D eigenvalue weighted by Crippen LogP contribution is 2.28. The van der Waals surface area contributed by atoms with Gasteiger partial charge in [-0.1, -0.05) is 0 Å². The Morgan fingerprint density at radius 3 is 2.29 bits per heavy atom. The molecule has 0 fully saturated rings. The zero-order valence-electron chi connectivity index (χ0n) is 11.9. The van der Waals surface area contributed by atoms with Gasteiger partial charge in [-0.25, -0.2) is 4.98 Å². The summed E-state index contributed by atoms with van der Waals surface area (Å²) in [6.07, 6.45) is 0. The largest absolute Gasteiger partial charge is 0.497 e. The summed E-state index contributed by atoms with van der Waals surface area (Å²) in [7, 11) is 4.67. The Labute approximate surface area is 130 Å². The molecule has 112 valence electrons. The first kappa shape index (κ1) is 15.5.